The van der Waals surface area contributed by atoms with Crippen molar-refractivity contribution in [1.29, 1.82) is 0 Å². The molecule has 3 rings (SSSR count). The first-order valence-corrected chi connectivity index (χ1v) is 9.94. The highest BCUT2D eigenvalue weighted by atomic mass is 32.1. The van der Waals surface area contributed by atoms with Crippen LogP contribution in [0.2, 0.25) is 0 Å². The number of benzene rings is 1. The number of esters is 2. The summed E-state index contributed by atoms with van der Waals surface area (Å²) in [5.41, 5.74) is 6.58. The third kappa shape index (κ3) is 4.43. The maximum atomic E-state index is 12.3. The van der Waals surface area contributed by atoms with E-state index in [4.69, 9.17) is 19.9 Å². The van der Waals surface area contributed by atoms with Crippen molar-refractivity contribution < 1.29 is 33.4 Å². The highest BCUT2D eigenvalue weighted by Crippen LogP contribution is 2.33. The molecule has 2 heterocycles. The van der Waals surface area contributed by atoms with Crippen molar-refractivity contribution in [2.45, 2.75) is 26.4 Å². The number of carbonyl (C=O) groups is 4. The molecule has 30 heavy (non-hydrogen) atoms. The number of nitrogens with one attached hydrogen (secondary N) is 1. The molecule has 0 spiro atoms. The van der Waals surface area contributed by atoms with Crippen molar-refractivity contribution in [3.05, 3.63) is 45.8 Å². The minimum absolute atomic E-state index is 0.0462. The van der Waals surface area contributed by atoms with Crippen molar-refractivity contribution >= 4 is 40.1 Å². The molecule has 0 fully saturated rings. The predicted octanol–water partition coefficient (Wildman–Crippen LogP) is 1.82. The topological polar surface area (TPSA) is 134 Å². The molecule has 0 aliphatic carbocycles. The largest absolute Gasteiger partial charge is 0.478 e. The van der Waals surface area contributed by atoms with E-state index >= 15 is 0 Å². The van der Waals surface area contributed by atoms with Gasteiger partial charge in [0.2, 0.25) is 0 Å². The second kappa shape index (κ2) is 8.95. The molecule has 2 amide bonds. The zero-order chi connectivity index (χ0) is 21.8. The zero-order valence-electron chi connectivity index (χ0n) is 16.4. The summed E-state index contributed by atoms with van der Waals surface area (Å²) in [6.45, 7) is 2.71. The lowest BCUT2D eigenvalue weighted by Gasteiger charge is -2.11. The zero-order valence-corrected chi connectivity index (χ0v) is 17.2. The molecule has 2 aromatic rings. The molecular weight excluding hydrogens is 412 g/mol. The normalized spacial score (nSPS) is 14.4. The summed E-state index contributed by atoms with van der Waals surface area (Å²) in [7, 11) is 0. The quantitative estimate of drug-likeness (QED) is 0.637. The third-order valence-electron chi connectivity index (χ3n) is 4.36. The molecule has 10 heteroatoms. The van der Waals surface area contributed by atoms with Crippen LogP contribution in [0.25, 0.3) is 0 Å². The van der Waals surface area contributed by atoms with Gasteiger partial charge in [0.15, 0.2) is 12.7 Å². The average Bonchev–Trinajstić information content (AvgIpc) is 3.27. The van der Waals surface area contributed by atoms with E-state index in [-0.39, 0.29) is 22.0 Å². The van der Waals surface area contributed by atoms with Crippen LogP contribution in [0.5, 0.6) is 5.75 Å². The summed E-state index contributed by atoms with van der Waals surface area (Å²) in [6.07, 6.45) is -0.467. The molecule has 1 atom stereocenters. The monoisotopic (exact) mass is 432 g/mol. The number of primary amides is 1. The van der Waals surface area contributed by atoms with Gasteiger partial charge >= 0.3 is 11.9 Å². The van der Waals surface area contributed by atoms with Crippen LogP contribution >= 0.6 is 11.3 Å². The standard InChI is InChI=1S/C20H20N2O7S/c1-3-27-20(26)15-10(2)16(17(21)24)30-18(15)22-14(23)9-28-19(25)13-8-11-6-4-5-7-12(11)29-13/h4-7,13H,3,8-9H2,1-2H3,(H2,21,24)(H,22,23). The first-order chi connectivity index (χ1) is 14.3. The number of hydrogen-bond acceptors (Lipinski definition) is 8. The second-order valence-electron chi connectivity index (χ2n) is 6.42. The number of nitrogens with two attached hydrogens (primary N) is 1. The molecule has 0 radical (unpaired) electrons. The summed E-state index contributed by atoms with van der Waals surface area (Å²) in [5, 5.41) is 2.58. The second-order valence-corrected chi connectivity index (χ2v) is 7.44. The molecule has 1 aromatic carbocycles. The van der Waals surface area contributed by atoms with Gasteiger partial charge in [-0.3, -0.25) is 9.59 Å². The fraction of sp³-hybridized carbons (Fsp3) is 0.300. The van der Waals surface area contributed by atoms with Crippen molar-refractivity contribution in [3.63, 3.8) is 0 Å². The molecule has 3 N–H and O–H groups in total. The van der Waals surface area contributed by atoms with Gasteiger partial charge in [-0.05, 0) is 31.0 Å². The predicted molar refractivity (Wildman–Crippen MR) is 108 cm³/mol. The number of ether oxygens (including phenoxy) is 3. The summed E-state index contributed by atoms with van der Waals surface area (Å²) in [5.74, 6) is -2.17. The van der Waals surface area contributed by atoms with Crippen LogP contribution in [0.4, 0.5) is 5.00 Å². The van der Waals surface area contributed by atoms with Gasteiger partial charge in [-0.25, -0.2) is 9.59 Å². The molecule has 0 saturated carbocycles. The van der Waals surface area contributed by atoms with Gasteiger partial charge in [0.1, 0.15) is 10.8 Å². The number of hydrogen-bond donors (Lipinski definition) is 2. The van der Waals surface area contributed by atoms with Crippen LogP contribution < -0.4 is 15.8 Å². The number of thiophene rings is 1. The molecule has 158 valence electrons. The Morgan fingerprint density at radius 3 is 2.63 bits per heavy atom. The van der Waals surface area contributed by atoms with E-state index < -0.39 is 36.5 Å². The van der Waals surface area contributed by atoms with Crippen LogP contribution in [-0.2, 0) is 25.5 Å². The van der Waals surface area contributed by atoms with E-state index in [2.05, 4.69) is 5.32 Å². The van der Waals surface area contributed by atoms with Gasteiger partial charge in [-0.15, -0.1) is 11.3 Å². The lowest BCUT2D eigenvalue weighted by molar-refractivity contribution is -0.153. The number of para-hydroxylation sites is 1. The van der Waals surface area contributed by atoms with E-state index in [1.165, 1.54) is 6.92 Å². The van der Waals surface area contributed by atoms with Gasteiger partial charge in [-0.2, -0.15) is 0 Å². The summed E-state index contributed by atoms with van der Waals surface area (Å²) < 4.78 is 15.6. The Bertz CT molecular complexity index is 990. The van der Waals surface area contributed by atoms with Gasteiger partial charge in [0.05, 0.1) is 17.0 Å². The van der Waals surface area contributed by atoms with Gasteiger partial charge in [0.25, 0.3) is 11.8 Å². The van der Waals surface area contributed by atoms with Crippen molar-refractivity contribution in [1.82, 2.24) is 0 Å². The molecule has 1 unspecified atom stereocenters. The van der Waals surface area contributed by atoms with Crippen LogP contribution in [0.15, 0.2) is 24.3 Å². The average molecular weight is 432 g/mol. The van der Waals surface area contributed by atoms with E-state index in [0.717, 1.165) is 16.9 Å². The van der Waals surface area contributed by atoms with E-state index in [9.17, 15) is 19.2 Å². The van der Waals surface area contributed by atoms with E-state index in [0.29, 0.717) is 17.7 Å². The molecule has 1 aliphatic rings. The Morgan fingerprint density at radius 2 is 1.97 bits per heavy atom. The van der Waals surface area contributed by atoms with Crippen molar-refractivity contribution in [2.75, 3.05) is 18.5 Å². The Hall–Kier alpha value is -3.40. The summed E-state index contributed by atoms with van der Waals surface area (Å²) >= 11 is 0.855. The van der Waals surface area contributed by atoms with Crippen LogP contribution in [-0.4, -0.2) is 43.1 Å². The van der Waals surface area contributed by atoms with Crippen molar-refractivity contribution in [3.8, 4) is 5.75 Å². The molecule has 1 aromatic heterocycles. The Balaban J connectivity index is 1.63. The lowest BCUT2D eigenvalue weighted by atomic mass is 10.1. The SMILES string of the molecule is CCOC(=O)c1c(NC(=O)COC(=O)C2Cc3ccccc3O2)sc(C(N)=O)c1C. The highest BCUT2D eigenvalue weighted by molar-refractivity contribution is 7.18. The van der Waals surface area contributed by atoms with Crippen LogP contribution in [0.1, 0.15) is 38.1 Å². The Morgan fingerprint density at radius 1 is 1.23 bits per heavy atom. The number of anilines is 1. The molecule has 1 aliphatic heterocycles. The number of rotatable bonds is 7. The lowest BCUT2D eigenvalue weighted by Crippen LogP contribution is -2.30. The fourth-order valence-corrected chi connectivity index (χ4v) is 4.05. The maximum Gasteiger partial charge on any atom is 0.348 e. The van der Waals surface area contributed by atoms with Gasteiger partial charge in [0, 0.05) is 6.42 Å². The van der Waals surface area contributed by atoms with Crippen LogP contribution in [0, 0.1) is 6.92 Å². The minimum Gasteiger partial charge on any atom is -0.478 e. The Kier molecular flexibility index (Phi) is 6.36. The first-order valence-electron chi connectivity index (χ1n) is 9.13. The first kappa shape index (κ1) is 21.3. The molecular formula is C20H20N2O7S. The third-order valence-corrected chi connectivity index (χ3v) is 5.58. The van der Waals surface area contributed by atoms with E-state index in [1.54, 1.807) is 19.1 Å². The number of carbonyl (C=O) groups excluding carboxylic acids is 4. The maximum absolute atomic E-state index is 12.3. The smallest absolute Gasteiger partial charge is 0.348 e. The van der Waals surface area contributed by atoms with Crippen LogP contribution in [0.3, 0.4) is 0 Å². The molecule has 0 saturated heterocycles. The fourth-order valence-electron chi connectivity index (χ4n) is 2.99. The summed E-state index contributed by atoms with van der Waals surface area (Å²) in [4.78, 5) is 48.5. The highest BCUT2D eigenvalue weighted by Gasteiger charge is 2.31. The van der Waals surface area contributed by atoms with E-state index in [1.807, 2.05) is 12.1 Å². The Labute approximate surface area is 176 Å². The van der Waals surface area contributed by atoms with Gasteiger partial charge in [-0.1, -0.05) is 18.2 Å². The molecule has 0 bridgehead atoms. The number of fused-ring (bicyclic) bond motifs is 1. The number of amides is 2. The van der Waals surface area contributed by atoms with Gasteiger partial charge < -0.3 is 25.3 Å². The molecule has 9 nitrogen and oxygen atoms in total. The summed E-state index contributed by atoms with van der Waals surface area (Å²) in [6, 6.07) is 7.24. The minimum atomic E-state index is -0.823. The van der Waals surface area contributed by atoms with Crippen molar-refractivity contribution in [2.24, 2.45) is 5.73 Å².